The van der Waals surface area contributed by atoms with E-state index in [-0.39, 0.29) is 0 Å². The molecule has 90 valence electrons. The first-order valence-corrected chi connectivity index (χ1v) is 6.26. The summed E-state index contributed by atoms with van der Waals surface area (Å²) in [6, 6.07) is 0. The molecule has 1 aliphatic carbocycles. The van der Waals surface area contributed by atoms with Gasteiger partial charge in [-0.1, -0.05) is 13.3 Å². The highest BCUT2D eigenvalue weighted by Gasteiger charge is 2.19. The van der Waals surface area contributed by atoms with Gasteiger partial charge in [-0.25, -0.2) is 0 Å². The number of hydrogen-bond donors (Lipinski definition) is 1. The first-order chi connectivity index (χ1) is 7.36. The van der Waals surface area contributed by atoms with Crippen LogP contribution in [0.1, 0.15) is 39.0 Å². The second-order valence-corrected chi connectivity index (χ2v) is 4.32. The molecule has 0 amide bonds. The van der Waals surface area contributed by atoms with Gasteiger partial charge in [-0.3, -0.25) is 0 Å². The van der Waals surface area contributed by atoms with Crippen molar-refractivity contribution in [3.05, 3.63) is 0 Å². The van der Waals surface area contributed by atoms with Crippen molar-refractivity contribution in [3.63, 3.8) is 0 Å². The minimum atomic E-state index is 0.481. The molecule has 3 heteroatoms. The third-order valence-electron chi connectivity index (χ3n) is 3.21. The van der Waals surface area contributed by atoms with Crippen LogP contribution in [0.2, 0.25) is 0 Å². The van der Waals surface area contributed by atoms with Crippen molar-refractivity contribution in [1.29, 1.82) is 0 Å². The summed E-state index contributed by atoms with van der Waals surface area (Å²) >= 11 is 0. The lowest BCUT2D eigenvalue weighted by Crippen LogP contribution is -2.23. The molecule has 15 heavy (non-hydrogen) atoms. The molecule has 0 aromatic heterocycles. The zero-order valence-corrected chi connectivity index (χ0v) is 9.91. The summed E-state index contributed by atoms with van der Waals surface area (Å²) in [5.74, 6) is 0.943. The Morgan fingerprint density at radius 3 is 2.40 bits per heavy atom. The summed E-state index contributed by atoms with van der Waals surface area (Å²) in [7, 11) is 0. The van der Waals surface area contributed by atoms with Crippen molar-refractivity contribution in [2.75, 3.05) is 26.4 Å². The summed E-state index contributed by atoms with van der Waals surface area (Å²) in [6.45, 7) is 4.94. The van der Waals surface area contributed by atoms with E-state index < -0.39 is 0 Å². The molecule has 1 fully saturated rings. The Morgan fingerprint density at radius 1 is 1.07 bits per heavy atom. The third kappa shape index (κ3) is 5.50. The smallest absolute Gasteiger partial charge is 0.0704 e. The van der Waals surface area contributed by atoms with Gasteiger partial charge in [-0.05, 0) is 31.6 Å². The number of ether oxygens (including phenoxy) is 2. The van der Waals surface area contributed by atoms with Crippen LogP contribution in [0.5, 0.6) is 0 Å². The molecule has 0 aromatic rings. The van der Waals surface area contributed by atoms with E-state index in [1.165, 1.54) is 32.1 Å². The molecule has 0 aliphatic heterocycles. The highest BCUT2D eigenvalue weighted by molar-refractivity contribution is 4.71. The van der Waals surface area contributed by atoms with Gasteiger partial charge in [0.2, 0.25) is 0 Å². The molecule has 0 saturated heterocycles. The number of nitrogens with two attached hydrogens (primary N) is 1. The monoisotopic (exact) mass is 215 g/mol. The van der Waals surface area contributed by atoms with E-state index in [0.29, 0.717) is 25.9 Å². The average molecular weight is 215 g/mol. The van der Waals surface area contributed by atoms with Crippen molar-refractivity contribution in [1.82, 2.24) is 0 Å². The SMILES string of the molecule is CCC1CCC(OCCOCCN)CC1. The van der Waals surface area contributed by atoms with Crippen molar-refractivity contribution in [3.8, 4) is 0 Å². The van der Waals surface area contributed by atoms with Crippen molar-refractivity contribution in [2.24, 2.45) is 11.7 Å². The van der Waals surface area contributed by atoms with Gasteiger partial charge < -0.3 is 15.2 Å². The lowest BCUT2D eigenvalue weighted by Gasteiger charge is -2.27. The fraction of sp³-hybridized carbons (Fsp3) is 1.00. The van der Waals surface area contributed by atoms with Gasteiger partial charge in [0, 0.05) is 6.54 Å². The van der Waals surface area contributed by atoms with E-state index in [2.05, 4.69) is 6.92 Å². The van der Waals surface area contributed by atoms with Crippen LogP contribution >= 0.6 is 0 Å². The van der Waals surface area contributed by atoms with Crippen LogP contribution in [0.3, 0.4) is 0 Å². The molecular formula is C12H25NO2. The molecule has 1 rings (SSSR count). The quantitative estimate of drug-likeness (QED) is 0.660. The van der Waals surface area contributed by atoms with Gasteiger partial charge in [0.1, 0.15) is 0 Å². The Morgan fingerprint density at radius 2 is 1.80 bits per heavy atom. The predicted molar refractivity (Wildman–Crippen MR) is 61.9 cm³/mol. The molecule has 0 aromatic carbocycles. The summed E-state index contributed by atoms with van der Waals surface area (Å²) in [4.78, 5) is 0. The zero-order valence-electron chi connectivity index (χ0n) is 9.91. The van der Waals surface area contributed by atoms with E-state index in [1.807, 2.05) is 0 Å². The zero-order chi connectivity index (χ0) is 10.9. The largest absolute Gasteiger partial charge is 0.378 e. The maximum absolute atomic E-state index is 5.76. The van der Waals surface area contributed by atoms with Crippen molar-refractivity contribution < 1.29 is 9.47 Å². The summed E-state index contributed by atoms with van der Waals surface area (Å²) < 4.78 is 11.0. The average Bonchev–Trinajstić information content (AvgIpc) is 2.30. The molecule has 0 spiro atoms. The van der Waals surface area contributed by atoms with Crippen molar-refractivity contribution >= 4 is 0 Å². The van der Waals surface area contributed by atoms with Gasteiger partial charge in [0.25, 0.3) is 0 Å². The molecule has 3 nitrogen and oxygen atoms in total. The molecule has 0 heterocycles. The van der Waals surface area contributed by atoms with Crippen LogP contribution < -0.4 is 5.73 Å². The van der Waals surface area contributed by atoms with Gasteiger partial charge in [-0.15, -0.1) is 0 Å². The van der Waals surface area contributed by atoms with Crippen LogP contribution in [-0.4, -0.2) is 32.5 Å². The predicted octanol–water partition coefficient (Wildman–Crippen LogP) is 1.95. The Bertz CT molecular complexity index is 145. The maximum Gasteiger partial charge on any atom is 0.0704 e. The molecule has 0 bridgehead atoms. The molecule has 1 aliphatic rings. The first-order valence-electron chi connectivity index (χ1n) is 6.26. The molecule has 0 atom stereocenters. The van der Waals surface area contributed by atoms with Crippen LogP contribution in [-0.2, 0) is 9.47 Å². The summed E-state index contributed by atoms with van der Waals surface area (Å²) in [6.07, 6.45) is 6.95. The topological polar surface area (TPSA) is 44.5 Å². The maximum atomic E-state index is 5.76. The normalized spacial score (nSPS) is 26.8. The molecule has 2 N–H and O–H groups in total. The van der Waals surface area contributed by atoms with E-state index in [1.54, 1.807) is 0 Å². The molecule has 0 radical (unpaired) electrons. The van der Waals surface area contributed by atoms with Crippen LogP contribution in [0, 0.1) is 5.92 Å². The standard InChI is InChI=1S/C12H25NO2/c1-2-11-3-5-12(6-4-11)15-10-9-14-8-7-13/h11-12H,2-10,13H2,1H3. The van der Waals surface area contributed by atoms with Gasteiger partial charge in [0.05, 0.1) is 25.9 Å². The van der Waals surface area contributed by atoms with Crippen LogP contribution in [0.25, 0.3) is 0 Å². The number of rotatable bonds is 7. The van der Waals surface area contributed by atoms with E-state index in [9.17, 15) is 0 Å². The van der Waals surface area contributed by atoms with E-state index in [0.717, 1.165) is 12.5 Å². The summed E-state index contributed by atoms with van der Waals surface area (Å²) in [5.41, 5.74) is 5.32. The first kappa shape index (κ1) is 12.9. The molecule has 0 unspecified atom stereocenters. The Kier molecular flexibility index (Phi) is 6.98. The fourth-order valence-electron chi connectivity index (χ4n) is 2.17. The lowest BCUT2D eigenvalue weighted by molar-refractivity contribution is -0.0153. The van der Waals surface area contributed by atoms with Gasteiger partial charge in [0.15, 0.2) is 0 Å². The second kappa shape index (κ2) is 8.08. The number of hydrogen-bond acceptors (Lipinski definition) is 3. The third-order valence-corrected chi connectivity index (χ3v) is 3.21. The fourth-order valence-corrected chi connectivity index (χ4v) is 2.17. The molecule has 1 saturated carbocycles. The van der Waals surface area contributed by atoms with Gasteiger partial charge in [-0.2, -0.15) is 0 Å². The highest BCUT2D eigenvalue weighted by atomic mass is 16.5. The minimum Gasteiger partial charge on any atom is -0.378 e. The second-order valence-electron chi connectivity index (χ2n) is 4.32. The lowest BCUT2D eigenvalue weighted by atomic mass is 9.86. The van der Waals surface area contributed by atoms with Crippen LogP contribution in [0.4, 0.5) is 0 Å². The van der Waals surface area contributed by atoms with Gasteiger partial charge >= 0.3 is 0 Å². The van der Waals surface area contributed by atoms with Crippen molar-refractivity contribution in [2.45, 2.75) is 45.1 Å². The highest BCUT2D eigenvalue weighted by Crippen LogP contribution is 2.27. The molecular weight excluding hydrogens is 190 g/mol. The van der Waals surface area contributed by atoms with Crippen LogP contribution in [0.15, 0.2) is 0 Å². The minimum absolute atomic E-state index is 0.481. The Balaban J connectivity index is 1.94. The summed E-state index contributed by atoms with van der Waals surface area (Å²) in [5, 5.41) is 0. The Hall–Kier alpha value is -0.120. The van der Waals surface area contributed by atoms with E-state index >= 15 is 0 Å². The van der Waals surface area contributed by atoms with E-state index in [4.69, 9.17) is 15.2 Å². The Labute approximate surface area is 93.3 Å².